The minimum Gasteiger partial charge on any atom is -0.386 e. The van der Waals surface area contributed by atoms with E-state index in [1.807, 2.05) is 39.0 Å². The van der Waals surface area contributed by atoms with Gasteiger partial charge in [0.1, 0.15) is 5.60 Å². The van der Waals surface area contributed by atoms with Crippen molar-refractivity contribution in [2.75, 3.05) is 13.1 Å². The highest BCUT2D eigenvalue weighted by atomic mass is 127. The Bertz CT molecular complexity index is 479. The second-order valence-corrected chi connectivity index (χ2v) is 6.43. The largest absolute Gasteiger partial charge is 0.386 e. The van der Waals surface area contributed by atoms with E-state index in [-0.39, 0.29) is 11.8 Å². The Kier molecular flexibility index (Phi) is 3.69. The van der Waals surface area contributed by atoms with Gasteiger partial charge in [0.2, 0.25) is 0 Å². The summed E-state index contributed by atoms with van der Waals surface area (Å²) >= 11 is 2.21. The molecule has 18 heavy (non-hydrogen) atoms. The Morgan fingerprint density at radius 1 is 1.44 bits per heavy atom. The Labute approximate surface area is 121 Å². The minimum absolute atomic E-state index is 0.0217. The maximum atomic E-state index is 12.3. The first-order chi connectivity index (χ1) is 8.35. The molecule has 1 aromatic rings. The number of carbonyl (C=O) groups excluding carboxylic acids is 1. The summed E-state index contributed by atoms with van der Waals surface area (Å²) in [5, 5.41) is 10.2. The monoisotopic (exact) mass is 359 g/mol. The Morgan fingerprint density at radius 3 is 2.61 bits per heavy atom. The zero-order chi connectivity index (χ0) is 13.5. The lowest BCUT2D eigenvalue weighted by Gasteiger charge is -2.49. The molecule has 4 heteroatoms. The molecule has 1 fully saturated rings. The average molecular weight is 359 g/mol. The van der Waals surface area contributed by atoms with Crippen LogP contribution in [0.3, 0.4) is 0 Å². The number of hydrogen-bond acceptors (Lipinski definition) is 2. The Morgan fingerprint density at radius 2 is 2.06 bits per heavy atom. The van der Waals surface area contributed by atoms with Crippen LogP contribution in [0.4, 0.5) is 0 Å². The number of likely N-dealkylation sites (tertiary alicyclic amines) is 1. The number of hydrogen-bond donors (Lipinski definition) is 1. The lowest BCUT2D eigenvalue weighted by molar-refractivity contribution is -0.110. The van der Waals surface area contributed by atoms with Crippen molar-refractivity contribution in [1.29, 1.82) is 0 Å². The fourth-order valence-corrected chi connectivity index (χ4v) is 2.70. The third kappa shape index (κ3) is 2.28. The first kappa shape index (κ1) is 13.8. The van der Waals surface area contributed by atoms with E-state index in [2.05, 4.69) is 22.6 Å². The van der Waals surface area contributed by atoms with Gasteiger partial charge in [0.15, 0.2) is 0 Å². The molecule has 0 saturated carbocycles. The molecule has 1 aliphatic rings. The number of nitrogens with zero attached hydrogens (tertiary/aromatic N) is 1. The van der Waals surface area contributed by atoms with Crippen LogP contribution in [-0.2, 0) is 0 Å². The molecule has 0 bridgehead atoms. The first-order valence-corrected chi connectivity index (χ1v) is 7.20. The van der Waals surface area contributed by atoms with E-state index >= 15 is 0 Å². The molecule has 0 unspecified atom stereocenters. The fourth-order valence-electron chi connectivity index (χ4n) is 2.11. The van der Waals surface area contributed by atoms with Gasteiger partial charge in [-0.3, -0.25) is 4.79 Å². The number of rotatable bonds is 2. The van der Waals surface area contributed by atoms with Crippen LogP contribution in [-0.4, -0.2) is 34.6 Å². The summed E-state index contributed by atoms with van der Waals surface area (Å²) in [6.07, 6.45) is 0. The third-order valence-electron chi connectivity index (χ3n) is 3.71. The summed E-state index contributed by atoms with van der Waals surface area (Å²) in [5.74, 6) is 0.201. The number of amides is 1. The standard InChI is InChI=1S/C14H18INO2/c1-9(2)14(18)7-16(8-14)13(17)11-6-4-5-10(3)12(11)15/h4-6,9,18H,7-8H2,1-3H3. The first-order valence-electron chi connectivity index (χ1n) is 6.12. The normalized spacial score (nSPS) is 17.8. The third-order valence-corrected chi connectivity index (χ3v) is 5.15. The molecule has 1 aliphatic heterocycles. The van der Waals surface area contributed by atoms with E-state index in [9.17, 15) is 9.90 Å². The molecule has 98 valence electrons. The summed E-state index contributed by atoms with van der Waals surface area (Å²) in [4.78, 5) is 14.0. The molecule has 0 aromatic heterocycles. The molecule has 1 saturated heterocycles. The van der Waals surface area contributed by atoms with Crippen molar-refractivity contribution in [3.63, 3.8) is 0 Å². The van der Waals surface area contributed by atoms with Crippen molar-refractivity contribution < 1.29 is 9.90 Å². The number of halogens is 1. The molecule has 0 aliphatic carbocycles. The number of aryl methyl sites for hydroxylation is 1. The highest BCUT2D eigenvalue weighted by molar-refractivity contribution is 14.1. The van der Waals surface area contributed by atoms with Crippen molar-refractivity contribution in [2.45, 2.75) is 26.4 Å². The zero-order valence-corrected chi connectivity index (χ0v) is 13.1. The predicted octanol–water partition coefficient (Wildman–Crippen LogP) is 2.44. The molecule has 1 amide bonds. The highest BCUT2D eigenvalue weighted by Crippen LogP contribution is 2.30. The van der Waals surface area contributed by atoms with Gasteiger partial charge >= 0.3 is 0 Å². The average Bonchev–Trinajstić information content (AvgIpc) is 2.27. The van der Waals surface area contributed by atoms with Crippen molar-refractivity contribution in [3.8, 4) is 0 Å². The quantitative estimate of drug-likeness (QED) is 0.825. The van der Waals surface area contributed by atoms with Crippen LogP contribution in [0.15, 0.2) is 18.2 Å². The van der Waals surface area contributed by atoms with Crippen LogP contribution >= 0.6 is 22.6 Å². The highest BCUT2D eigenvalue weighted by Gasteiger charge is 2.46. The van der Waals surface area contributed by atoms with E-state index in [4.69, 9.17) is 0 Å². The molecule has 0 radical (unpaired) electrons. The topological polar surface area (TPSA) is 40.5 Å². The summed E-state index contributed by atoms with van der Waals surface area (Å²) in [6, 6.07) is 5.75. The molecular weight excluding hydrogens is 341 g/mol. The number of carbonyl (C=O) groups is 1. The lowest BCUT2D eigenvalue weighted by atomic mass is 9.82. The van der Waals surface area contributed by atoms with Crippen LogP contribution in [0.5, 0.6) is 0 Å². The van der Waals surface area contributed by atoms with Crippen LogP contribution in [0.1, 0.15) is 29.8 Å². The maximum absolute atomic E-state index is 12.3. The van der Waals surface area contributed by atoms with Gasteiger partial charge in [0.05, 0.1) is 18.7 Å². The van der Waals surface area contributed by atoms with Gasteiger partial charge in [-0.25, -0.2) is 0 Å². The number of aliphatic hydroxyl groups is 1. The van der Waals surface area contributed by atoms with Gasteiger partial charge in [0.25, 0.3) is 5.91 Å². The molecule has 3 nitrogen and oxygen atoms in total. The molecule has 1 N–H and O–H groups in total. The molecule has 1 heterocycles. The molecular formula is C14H18INO2. The molecule has 2 rings (SSSR count). The summed E-state index contributed by atoms with van der Waals surface area (Å²) in [5.41, 5.74) is 1.15. The smallest absolute Gasteiger partial charge is 0.255 e. The van der Waals surface area contributed by atoms with E-state index < -0.39 is 5.60 Å². The summed E-state index contributed by atoms with van der Waals surface area (Å²) in [7, 11) is 0. The van der Waals surface area contributed by atoms with Crippen molar-refractivity contribution >= 4 is 28.5 Å². The van der Waals surface area contributed by atoms with Gasteiger partial charge in [-0.05, 0) is 47.1 Å². The van der Waals surface area contributed by atoms with Crippen LogP contribution in [0, 0.1) is 16.4 Å². The van der Waals surface area contributed by atoms with Crippen molar-refractivity contribution in [1.82, 2.24) is 4.90 Å². The van der Waals surface area contributed by atoms with Crippen LogP contribution in [0.25, 0.3) is 0 Å². The van der Waals surface area contributed by atoms with Gasteiger partial charge in [-0.15, -0.1) is 0 Å². The molecule has 1 aromatic carbocycles. The fraction of sp³-hybridized carbons (Fsp3) is 0.500. The second-order valence-electron chi connectivity index (χ2n) is 5.36. The Balaban J connectivity index is 2.13. The SMILES string of the molecule is Cc1cccc(C(=O)N2CC(O)(C(C)C)C2)c1I. The van der Waals surface area contributed by atoms with Gasteiger partial charge < -0.3 is 10.0 Å². The van der Waals surface area contributed by atoms with E-state index in [1.165, 1.54) is 0 Å². The zero-order valence-electron chi connectivity index (χ0n) is 10.9. The van der Waals surface area contributed by atoms with Gasteiger partial charge in [-0.2, -0.15) is 0 Å². The van der Waals surface area contributed by atoms with Crippen LogP contribution < -0.4 is 0 Å². The van der Waals surface area contributed by atoms with Crippen LogP contribution in [0.2, 0.25) is 0 Å². The molecule has 0 atom stereocenters. The van der Waals surface area contributed by atoms with E-state index in [0.717, 1.165) is 14.7 Å². The maximum Gasteiger partial charge on any atom is 0.255 e. The van der Waals surface area contributed by atoms with Gasteiger partial charge in [-0.1, -0.05) is 26.0 Å². The van der Waals surface area contributed by atoms with Crippen molar-refractivity contribution in [2.24, 2.45) is 5.92 Å². The number of β-amino-alcohol motifs (C(OH)–C–C–N with tert-alkyl or cyclic N) is 1. The summed E-state index contributed by atoms with van der Waals surface area (Å²) < 4.78 is 1.00. The Hall–Kier alpha value is -0.620. The van der Waals surface area contributed by atoms with E-state index in [1.54, 1.807) is 4.90 Å². The number of benzene rings is 1. The van der Waals surface area contributed by atoms with Gasteiger partial charge in [0, 0.05) is 3.57 Å². The second kappa shape index (κ2) is 4.81. The minimum atomic E-state index is -0.703. The van der Waals surface area contributed by atoms with E-state index in [0.29, 0.717) is 13.1 Å². The summed E-state index contributed by atoms with van der Waals surface area (Å²) in [6.45, 7) is 6.84. The lowest BCUT2D eigenvalue weighted by Crippen LogP contribution is -2.66. The molecule has 0 spiro atoms. The van der Waals surface area contributed by atoms with Crippen molar-refractivity contribution in [3.05, 3.63) is 32.9 Å². The predicted molar refractivity (Wildman–Crippen MR) is 79.6 cm³/mol.